The maximum Gasteiger partial charge on any atom is 0.313 e. The number of nitrogens with one attached hydrogen (secondary N) is 1. The Balaban J connectivity index is 1.47. The van der Waals surface area contributed by atoms with Gasteiger partial charge in [-0.1, -0.05) is 45.0 Å². The molecule has 1 aliphatic heterocycles. The fraction of sp³-hybridized carbons (Fsp3) is 0.440. The average Bonchev–Trinajstić information content (AvgIpc) is 3.15. The van der Waals surface area contributed by atoms with Gasteiger partial charge >= 0.3 is 5.91 Å². The molecule has 5 rings (SSSR count). The van der Waals surface area contributed by atoms with E-state index in [1.165, 1.54) is 24.2 Å². The number of hydrogen-bond acceptors (Lipinski definition) is 4. The number of likely N-dealkylation sites (tertiary alicyclic amines) is 1. The molecule has 166 valence electrons. The molecule has 3 aromatic rings. The van der Waals surface area contributed by atoms with Crippen molar-refractivity contribution >= 4 is 22.5 Å². The van der Waals surface area contributed by atoms with E-state index in [1.807, 2.05) is 28.8 Å². The first kappa shape index (κ1) is 20.8. The van der Waals surface area contributed by atoms with Crippen molar-refractivity contribution in [3.63, 3.8) is 0 Å². The summed E-state index contributed by atoms with van der Waals surface area (Å²) in [6.07, 6.45) is 5.22. The van der Waals surface area contributed by atoms with Crippen molar-refractivity contribution in [3.05, 3.63) is 54.4 Å². The van der Waals surface area contributed by atoms with Crippen LogP contribution in [-0.2, 0) is 6.67 Å². The molecule has 2 bridgehead atoms. The van der Waals surface area contributed by atoms with Crippen molar-refractivity contribution < 1.29 is 14.8 Å². The number of azo groups is 1. The van der Waals surface area contributed by atoms with E-state index in [2.05, 4.69) is 36.0 Å². The number of hydrogen-bond donors (Lipinski definition) is 2. The van der Waals surface area contributed by atoms with Crippen LogP contribution < -0.4 is 4.90 Å². The Labute approximate surface area is 187 Å². The molecule has 1 saturated heterocycles. The van der Waals surface area contributed by atoms with Gasteiger partial charge in [-0.2, -0.15) is 0 Å². The molecule has 32 heavy (non-hydrogen) atoms. The van der Waals surface area contributed by atoms with Crippen LogP contribution in [-0.4, -0.2) is 33.2 Å². The van der Waals surface area contributed by atoms with Gasteiger partial charge in [0.05, 0.1) is 18.1 Å². The minimum absolute atomic E-state index is 0.0575. The molecule has 7 nitrogen and oxygen atoms in total. The van der Waals surface area contributed by atoms with Gasteiger partial charge in [-0.3, -0.25) is 14.3 Å². The highest BCUT2D eigenvalue weighted by atomic mass is 16.3. The largest absolute Gasteiger partial charge is 0.493 e. The van der Waals surface area contributed by atoms with Crippen molar-refractivity contribution in [2.24, 2.45) is 21.1 Å². The minimum atomic E-state index is -0.532. The lowest BCUT2D eigenvalue weighted by molar-refractivity contribution is -0.936. The number of quaternary nitrogens is 1. The lowest BCUT2D eigenvalue weighted by Gasteiger charge is -2.37. The van der Waals surface area contributed by atoms with Gasteiger partial charge in [0, 0.05) is 29.8 Å². The number of para-hydroxylation sites is 1. The number of fused-ring (bicyclic) bond motifs is 3. The SMILES string of the molecule is CC1(C)C[C@H]2C[C@](C)(C[NH+]2Cn2c(O)c(N=NC(=O)c3ccccn3)c3ccccc32)C1. The molecular weight excluding hydrogens is 402 g/mol. The lowest BCUT2D eigenvalue weighted by Crippen LogP contribution is -3.13. The van der Waals surface area contributed by atoms with Crippen LogP contribution in [0.3, 0.4) is 0 Å². The molecule has 1 aliphatic carbocycles. The standard InChI is InChI=1S/C25H29N5O2/c1-24(2)12-17-13-25(3,14-24)15-29(17)16-30-20-10-5-4-8-18(20)21(23(30)32)27-28-22(31)19-9-6-7-11-26-19/h4-11,17,32H,12-16H2,1-3H3/p+1/t17-,25-/m0/s1. The molecule has 2 N–H and O–H groups in total. The van der Waals surface area contributed by atoms with E-state index in [0.717, 1.165) is 17.4 Å². The third kappa shape index (κ3) is 3.71. The average molecular weight is 433 g/mol. The highest BCUT2D eigenvalue weighted by Gasteiger charge is 2.52. The predicted octanol–water partition coefficient (Wildman–Crippen LogP) is 4.11. The lowest BCUT2D eigenvalue weighted by atomic mass is 9.65. The second-order valence-corrected chi connectivity index (χ2v) is 10.6. The first-order valence-electron chi connectivity index (χ1n) is 11.3. The van der Waals surface area contributed by atoms with E-state index < -0.39 is 5.91 Å². The molecule has 3 heterocycles. The molecule has 7 heteroatoms. The van der Waals surface area contributed by atoms with E-state index >= 15 is 0 Å². The Morgan fingerprint density at radius 3 is 2.75 bits per heavy atom. The summed E-state index contributed by atoms with van der Waals surface area (Å²) in [4.78, 5) is 17.9. The fourth-order valence-electron chi connectivity index (χ4n) is 6.30. The Kier molecular flexibility index (Phi) is 4.89. The quantitative estimate of drug-likeness (QED) is 0.609. The molecule has 2 aromatic heterocycles. The summed E-state index contributed by atoms with van der Waals surface area (Å²) in [5.41, 5.74) is 2.16. The third-order valence-corrected chi connectivity index (χ3v) is 7.08. The molecular formula is C25H30N5O2+. The van der Waals surface area contributed by atoms with Crippen LogP contribution in [0.5, 0.6) is 5.88 Å². The van der Waals surface area contributed by atoms with Gasteiger partial charge in [0.25, 0.3) is 0 Å². The number of pyridine rings is 1. The van der Waals surface area contributed by atoms with Crippen LogP contribution >= 0.6 is 0 Å². The molecule has 1 aromatic carbocycles. The number of rotatable bonds is 4. The summed E-state index contributed by atoms with van der Waals surface area (Å²) in [6, 6.07) is 13.4. The van der Waals surface area contributed by atoms with Crippen LogP contribution in [0.1, 0.15) is 50.5 Å². The Morgan fingerprint density at radius 2 is 1.97 bits per heavy atom. The summed E-state index contributed by atoms with van der Waals surface area (Å²) in [7, 11) is 0. The van der Waals surface area contributed by atoms with Crippen molar-refractivity contribution in [2.45, 2.75) is 52.7 Å². The number of carbonyl (C=O) groups excluding carboxylic acids is 1. The minimum Gasteiger partial charge on any atom is -0.493 e. The third-order valence-electron chi connectivity index (χ3n) is 7.08. The van der Waals surface area contributed by atoms with E-state index in [4.69, 9.17) is 0 Å². The first-order valence-corrected chi connectivity index (χ1v) is 11.3. The maximum atomic E-state index is 12.4. The Bertz CT molecular complexity index is 1200. The maximum absolute atomic E-state index is 12.4. The molecule has 3 atom stereocenters. The van der Waals surface area contributed by atoms with E-state index in [1.54, 1.807) is 24.4 Å². The highest BCUT2D eigenvalue weighted by molar-refractivity contribution is 5.96. The summed E-state index contributed by atoms with van der Waals surface area (Å²) < 4.78 is 1.93. The van der Waals surface area contributed by atoms with Crippen molar-refractivity contribution in [3.8, 4) is 5.88 Å². The topological polar surface area (TPSA) is 84.3 Å². The highest BCUT2D eigenvalue weighted by Crippen LogP contribution is 2.47. The molecule has 1 saturated carbocycles. The van der Waals surface area contributed by atoms with Gasteiger partial charge < -0.3 is 10.0 Å². The summed E-state index contributed by atoms with van der Waals surface area (Å²) in [6.45, 7) is 8.93. The number of carbonyl (C=O) groups is 1. The van der Waals surface area contributed by atoms with E-state index in [0.29, 0.717) is 29.2 Å². The first-order chi connectivity index (χ1) is 15.2. The smallest absolute Gasteiger partial charge is 0.313 e. The monoisotopic (exact) mass is 432 g/mol. The van der Waals surface area contributed by atoms with Gasteiger partial charge in [0.15, 0.2) is 12.4 Å². The molecule has 2 fully saturated rings. The molecule has 1 amide bonds. The summed E-state index contributed by atoms with van der Waals surface area (Å²) in [5.74, 6) is -0.474. The fourth-order valence-corrected chi connectivity index (χ4v) is 6.30. The van der Waals surface area contributed by atoms with E-state index in [-0.39, 0.29) is 11.6 Å². The Morgan fingerprint density at radius 1 is 1.19 bits per heavy atom. The Hall–Kier alpha value is -3.06. The second-order valence-electron chi connectivity index (χ2n) is 10.6. The van der Waals surface area contributed by atoms with E-state index in [9.17, 15) is 9.90 Å². The number of aromatic nitrogens is 2. The van der Waals surface area contributed by atoms with Crippen LogP contribution in [0.2, 0.25) is 0 Å². The molecule has 0 radical (unpaired) electrons. The predicted molar refractivity (Wildman–Crippen MR) is 122 cm³/mol. The van der Waals surface area contributed by atoms with Crippen LogP contribution in [0.25, 0.3) is 10.9 Å². The van der Waals surface area contributed by atoms with Gasteiger partial charge in [0.2, 0.25) is 5.88 Å². The van der Waals surface area contributed by atoms with Gasteiger partial charge in [-0.05, 0) is 30.0 Å². The van der Waals surface area contributed by atoms with Crippen molar-refractivity contribution in [1.29, 1.82) is 0 Å². The zero-order valence-corrected chi connectivity index (χ0v) is 18.9. The number of aromatic hydroxyl groups is 1. The van der Waals surface area contributed by atoms with Crippen LogP contribution in [0.4, 0.5) is 5.69 Å². The van der Waals surface area contributed by atoms with Crippen LogP contribution in [0.15, 0.2) is 58.9 Å². The van der Waals surface area contributed by atoms with Gasteiger partial charge in [-0.15, -0.1) is 10.2 Å². The number of nitrogens with zero attached hydrogens (tertiary/aromatic N) is 4. The second kappa shape index (κ2) is 7.52. The van der Waals surface area contributed by atoms with Crippen molar-refractivity contribution in [2.75, 3.05) is 6.54 Å². The molecule has 2 aliphatic rings. The van der Waals surface area contributed by atoms with Gasteiger partial charge in [-0.25, -0.2) is 0 Å². The normalized spacial score (nSPS) is 26.7. The molecule has 0 spiro atoms. The van der Waals surface area contributed by atoms with Crippen LogP contribution in [0, 0.1) is 10.8 Å². The number of amides is 1. The van der Waals surface area contributed by atoms with Crippen molar-refractivity contribution in [1.82, 2.24) is 9.55 Å². The van der Waals surface area contributed by atoms with Gasteiger partial charge in [0.1, 0.15) is 5.69 Å². The number of benzene rings is 1. The zero-order valence-electron chi connectivity index (χ0n) is 18.9. The molecule has 1 unspecified atom stereocenters. The summed E-state index contributed by atoms with van der Waals surface area (Å²) >= 11 is 0. The zero-order chi connectivity index (χ0) is 22.5. The summed E-state index contributed by atoms with van der Waals surface area (Å²) in [5, 5.41) is 19.9.